The number of benzene rings is 1. The molecular weight excluding hydrogens is 386 g/mol. The predicted octanol–water partition coefficient (Wildman–Crippen LogP) is 4.16. The maximum atomic E-state index is 12.6. The van der Waals surface area contributed by atoms with Gasteiger partial charge < -0.3 is 25.0 Å². The minimum Gasteiger partial charge on any atom is -0.454 e. The van der Waals surface area contributed by atoms with Gasteiger partial charge in [0.1, 0.15) is 0 Å². The van der Waals surface area contributed by atoms with Gasteiger partial charge in [0.05, 0.1) is 0 Å². The summed E-state index contributed by atoms with van der Waals surface area (Å²) in [5.74, 6) is 2.15. The van der Waals surface area contributed by atoms with Crippen LogP contribution in [0.25, 0.3) is 0 Å². The van der Waals surface area contributed by atoms with Gasteiger partial charge in [0.25, 0.3) is 0 Å². The van der Waals surface area contributed by atoms with Crippen molar-refractivity contribution in [2.45, 2.75) is 52.4 Å². The molecule has 1 atom stereocenters. The quantitative estimate of drug-likeness (QED) is 0.617. The normalized spacial score (nSPS) is 17.1. The number of ether oxygens (including phenoxy) is 2. The zero-order valence-corrected chi connectivity index (χ0v) is 18.4. The highest BCUT2D eigenvalue weighted by atomic mass is 32.1. The van der Waals surface area contributed by atoms with Crippen molar-refractivity contribution in [1.82, 2.24) is 10.2 Å². The molecule has 2 aliphatic rings. The predicted molar refractivity (Wildman–Crippen MR) is 119 cm³/mol. The van der Waals surface area contributed by atoms with Crippen LogP contribution in [0.15, 0.2) is 18.2 Å². The smallest absolute Gasteiger partial charge is 0.231 e. The molecule has 29 heavy (non-hydrogen) atoms. The highest BCUT2D eigenvalue weighted by Gasteiger charge is 2.26. The van der Waals surface area contributed by atoms with E-state index >= 15 is 0 Å². The van der Waals surface area contributed by atoms with Gasteiger partial charge in [-0.25, -0.2) is 0 Å². The van der Waals surface area contributed by atoms with Crippen LogP contribution >= 0.6 is 12.2 Å². The van der Waals surface area contributed by atoms with Crippen molar-refractivity contribution in [1.29, 1.82) is 0 Å². The third-order valence-electron chi connectivity index (χ3n) is 5.88. The molecule has 0 saturated carbocycles. The second-order valence-corrected chi connectivity index (χ2v) is 8.31. The van der Waals surface area contributed by atoms with Crippen LogP contribution in [0.1, 0.15) is 52.4 Å². The monoisotopic (exact) mass is 419 g/mol. The van der Waals surface area contributed by atoms with Gasteiger partial charge in [0.2, 0.25) is 12.7 Å². The summed E-state index contributed by atoms with van der Waals surface area (Å²) >= 11 is 5.60. The average Bonchev–Trinajstić information content (AvgIpc) is 3.21. The molecule has 0 aromatic heterocycles. The summed E-state index contributed by atoms with van der Waals surface area (Å²) in [5.41, 5.74) is 0.747. The first-order valence-electron chi connectivity index (χ1n) is 10.8. The van der Waals surface area contributed by atoms with Gasteiger partial charge in [-0.1, -0.05) is 33.1 Å². The fourth-order valence-electron chi connectivity index (χ4n) is 3.85. The number of fused-ring (bicyclic) bond motifs is 1. The number of unbranched alkanes of at least 4 members (excludes halogenated alkanes) is 1. The van der Waals surface area contributed by atoms with Crippen LogP contribution in [0.5, 0.6) is 11.5 Å². The van der Waals surface area contributed by atoms with Gasteiger partial charge >= 0.3 is 0 Å². The molecule has 0 radical (unpaired) electrons. The Bertz CT molecular complexity index is 705. The van der Waals surface area contributed by atoms with Crippen molar-refractivity contribution in [2.24, 2.45) is 11.8 Å². The Morgan fingerprint density at radius 2 is 2.00 bits per heavy atom. The number of piperidine rings is 1. The van der Waals surface area contributed by atoms with E-state index in [0.717, 1.165) is 49.0 Å². The Morgan fingerprint density at radius 3 is 2.72 bits per heavy atom. The Morgan fingerprint density at radius 1 is 1.24 bits per heavy atom. The zero-order valence-electron chi connectivity index (χ0n) is 17.5. The summed E-state index contributed by atoms with van der Waals surface area (Å²) in [4.78, 5) is 14.8. The Labute approximate surface area is 179 Å². The molecule has 1 fully saturated rings. The van der Waals surface area contributed by atoms with Crippen molar-refractivity contribution in [3.8, 4) is 11.5 Å². The van der Waals surface area contributed by atoms with E-state index in [0.29, 0.717) is 11.7 Å². The van der Waals surface area contributed by atoms with Crippen LogP contribution in [0.3, 0.4) is 0 Å². The fourth-order valence-corrected chi connectivity index (χ4v) is 4.12. The molecular formula is C22H33N3O3S. The molecule has 1 amide bonds. The van der Waals surface area contributed by atoms with Crippen molar-refractivity contribution >= 4 is 28.9 Å². The second-order valence-electron chi connectivity index (χ2n) is 7.92. The van der Waals surface area contributed by atoms with Gasteiger partial charge in [0, 0.05) is 37.3 Å². The number of amides is 1. The number of rotatable bonds is 8. The molecule has 0 unspecified atom stereocenters. The Hall–Kier alpha value is -2.02. The fraction of sp³-hybridized carbons (Fsp3) is 0.636. The highest BCUT2D eigenvalue weighted by Crippen LogP contribution is 2.34. The standard InChI is InChI=1S/C22H33N3O3S/c1-3-5-6-16(4-2)14-23-22(29)25-11-9-17(10-12-25)21(26)24-18-7-8-19-20(13-18)28-15-27-19/h7-8,13,16-17H,3-6,9-12,14-15H2,1-2H3,(H,23,29)(H,24,26)/t16-/m0/s1. The van der Waals surface area contributed by atoms with Crippen LogP contribution in [0, 0.1) is 11.8 Å². The first-order chi connectivity index (χ1) is 14.1. The zero-order chi connectivity index (χ0) is 20.6. The van der Waals surface area contributed by atoms with Crippen molar-refractivity contribution < 1.29 is 14.3 Å². The largest absolute Gasteiger partial charge is 0.454 e. The average molecular weight is 420 g/mol. The molecule has 1 aromatic rings. The molecule has 0 spiro atoms. The molecule has 160 valence electrons. The molecule has 1 saturated heterocycles. The molecule has 0 aliphatic carbocycles. The van der Waals surface area contributed by atoms with Crippen LogP contribution in [-0.2, 0) is 4.79 Å². The lowest BCUT2D eigenvalue weighted by molar-refractivity contribution is -0.120. The van der Waals surface area contributed by atoms with E-state index in [1.54, 1.807) is 0 Å². The van der Waals surface area contributed by atoms with E-state index in [-0.39, 0.29) is 18.6 Å². The maximum absolute atomic E-state index is 12.6. The highest BCUT2D eigenvalue weighted by molar-refractivity contribution is 7.80. The lowest BCUT2D eigenvalue weighted by Gasteiger charge is -2.33. The summed E-state index contributed by atoms with van der Waals surface area (Å²) in [5, 5.41) is 7.29. The first kappa shape index (κ1) is 21.7. The van der Waals surface area contributed by atoms with E-state index in [1.165, 1.54) is 25.7 Å². The van der Waals surface area contributed by atoms with Crippen LogP contribution in [0.4, 0.5) is 5.69 Å². The summed E-state index contributed by atoms with van der Waals surface area (Å²) < 4.78 is 10.7. The van der Waals surface area contributed by atoms with Crippen molar-refractivity contribution in [2.75, 3.05) is 31.7 Å². The topological polar surface area (TPSA) is 62.8 Å². The molecule has 1 aromatic carbocycles. The van der Waals surface area contributed by atoms with Crippen molar-refractivity contribution in [3.05, 3.63) is 18.2 Å². The minimum absolute atomic E-state index is 0.00687. The van der Waals surface area contributed by atoms with E-state index in [9.17, 15) is 4.79 Å². The number of carbonyl (C=O) groups excluding carboxylic acids is 1. The molecule has 7 heteroatoms. The van der Waals surface area contributed by atoms with Gasteiger partial charge in [-0.2, -0.15) is 0 Å². The van der Waals surface area contributed by atoms with Gasteiger partial charge in [-0.05, 0) is 49.5 Å². The van der Waals surface area contributed by atoms with Crippen LogP contribution in [0.2, 0.25) is 0 Å². The third kappa shape index (κ3) is 5.98. The number of thiocarbonyl (C=S) groups is 1. The summed E-state index contributed by atoms with van der Waals surface area (Å²) in [6.07, 6.45) is 6.57. The van der Waals surface area contributed by atoms with E-state index in [4.69, 9.17) is 21.7 Å². The molecule has 2 N–H and O–H groups in total. The van der Waals surface area contributed by atoms with E-state index in [2.05, 4.69) is 29.4 Å². The lowest BCUT2D eigenvalue weighted by Crippen LogP contribution is -2.46. The number of carbonyl (C=O) groups is 1. The maximum Gasteiger partial charge on any atom is 0.231 e. The van der Waals surface area contributed by atoms with Gasteiger partial charge in [-0.15, -0.1) is 0 Å². The number of hydrogen-bond donors (Lipinski definition) is 2. The summed E-state index contributed by atoms with van der Waals surface area (Å²) in [6.45, 7) is 7.29. The molecule has 6 nitrogen and oxygen atoms in total. The first-order valence-corrected chi connectivity index (χ1v) is 11.2. The lowest BCUT2D eigenvalue weighted by atomic mass is 9.96. The summed E-state index contributed by atoms with van der Waals surface area (Å²) in [7, 11) is 0. The van der Waals surface area contributed by atoms with E-state index < -0.39 is 0 Å². The Kier molecular flexibility index (Phi) is 7.98. The van der Waals surface area contributed by atoms with Crippen LogP contribution in [-0.4, -0.2) is 42.3 Å². The molecule has 0 bridgehead atoms. The molecule has 2 aliphatic heterocycles. The SMILES string of the molecule is CCCC[C@H](CC)CNC(=S)N1CCC(C(=O)Nc2ccc3c(c2)OCO3)CC1. The van der Waals surface area contributed by atoms with Crippen molar-refractivity contribution in [3.63, 3.8) is 0 Å². The second kappa shape index (κ2) is 10.7. The number of nitrogens with zero attached hydrogens (tertiary/aromatic N) is 1. The molecule has 3 rings (SSSR count). The van der Waals surface area contributed by atoms with Gasteiger partial charge in [0.15, 0.2) is 16.6 Å². The minimum atomic E-state index is 0.00687. The Balaban J connectivity index is 1.41. The summed E-state index contributed by atoms with van der Waals surface area (Å²) in [6, 6.07) is 5.49. The number of nitrogens with one attached hydrogen (secondary N) is 2. The van der Waals surface area contributed by atoms with Crippen LogP contribution < -0.4 is 20.1 Å². The van der Waals surface area contributed by atoms with Gasteiger partial charge in [-0.3, -0.25) is 4.79 Å². The molecule has 2 heterocycles. The number of anilines is 1. The number of likely N-dealkylation sites (tertiary alicyclic amines) is 1. The third-order valence-corrected chi connectivity index (χ3v) is 6.28. The number of hydrogen-bond acceptors (Lipinski definition) is 4. The van der Waals surface area contributed by atoms with E-state index in [1.807, 2.05) is 18.2 Å².